The predicted octanol–water partition coefficient (Wildman–Crippen LogP) is 2.31. The van der Waals surface area contributed by atoms with Gasteiger partial charge in [-0.2, -0.15) is 0 Å². The number of benzene rings is 1. The molecule has 19 heavy (non-hydrogen) atoms. The van der Waals surface area contributed by atoms with Crippen LogP contribution in [0.3, 0.4) is 0 Å². The van der Waals surface area contributed by atoms with Crippen molar-refractivity contribution in [2.24, 2.45) is 0 Å². The van der Waals surface area contributed by atoms with E-state index >= 15 is 0 Å². The van der Waals surface area contributed by atoms with E-state index in [0.29, 0.717) is 11.5 Å². The molecule has 4 nitrogen and oxygen atoms in total. The topological polar surface area (TPSA) is 58.2 Å². The first-order valence-electron chi connectivity index (χ1n) is 5.83. The Bertz CT molecular complexity index is 604. The first-order chi connectivity index (χ1) is 8.78. The maximum Gasteiger partial charge on any atom is 0.171 e. The molecular formula is C12H15BrN2O2S2. The van der Waals surface area contributed by atoms with Crippen LogP contribution in [0, 0.1) is 0 Å². The molecule has 0 saturated carbocycles. The summed E-state index contributed by atoms with van der Waals surface area (Å²) in [5.41, 5.74) is 0.380. The van der Waals surface area contributed by atoms with Crippen molar-refractivity contribution in [1.29, 1.82) is 0 Å². The van der Waals surface area contributed by atoms with Gasteiger partial charge < -0.3 is 10.6 Å². The van der Waals surface area contributed by atoms with Crippen LogP contribution in [0.4, 0.5) is 5.69 Å². The van der Waals surface area contributed by atoms with Crippen molar-refractivity contribution in [2.75, 3.05) is 16.8 Å². The van der Waals surface area contributed by atoms with Gasteiger partial charge in [0.2, 0.25) is 0 Å². The summed E-state index contributed by atoms with van der Waals surface area (Å²) in [7, 11) is -2.94. The van der Waals surface area contributed by atoms with E-state index in [1.807, 2.05) is 31.2 Å². The maximum atomic E-state index is 11.5. The number of anilines is 1. The minimum absolute atomic E-state index is 0.125. The zero-order chi connectivity index (χ0) is 14.1. The van der Waals surface area contributed by atoms with Gasteiger partial charge in [0.1, 0.15) is 0 Å². The van der Waals surface area contributed by atoms with Crippen LogP contribution in [-0.2, 0) is 9.84 Å². The van der Waals surface area contributed by atoms with Crippen molar-refractivity contribution < 1.29 is 8.42 Å². The average molecular weight is 363 g/mol. The van der Waals surface area contributed by atoms with Crippen LogP contribution in [-0.4, -0.2) is 30.6 Å². The fourth-order valence-corrected chi connectivity index (χ4v) is 4.97. The van der Waals surface area contributed by atoms with Gasteiger partial charge in [0.25, 0.3) is 0 Å². The van der Waals surface area contributed by atoms with E-state index < -0.39 is 15.4 Å². The molecule has 2 N–H and O–H groups in total. The average Bonchev–Trinajstić information content (AvgIpc) is 2.52. The second kappa shape index (κ2) is 5.38. The molecule has 0 amide bonds. The molecule has 1 fully saturated rings. The third-order valence-electron chi connectivity index (χ3n) is 3.00. The highest BCUT2D eigenvalue weighted by atomic mass is 79.9. The fraction of sp³-hybridized carbons (Fsp3) is 0.417. The standard InChI is InChI=1S/C12H15BrN2O2S2/c1-12(5-6-19(16,17)8-12)15-11(18)14-10-4-2-3-9(13)7-10/h2-4,7H,5-6,8H2,1H3,(H2,14,15,18)/t12-/m1/s1. The van der Waals surface area contributed by atoms with Gasteiger partial charge in [0, 0.05) is 10.2 Å². The lowest BCUT2D eigenvalue weighted by Gasteiger charge is -2.26. The van der Waals surface area contributed by atoms with Crippen LogP contribution in [0.15, 0.2) is 28.7 Å². The number of halogens is 1. The highest BCUT2D eigenvalue weighted by Gasteiger charge is 2.38. The summed E-state index contributed by atoms with van der Waals surface area (Å²) in [5.74, 6) is 0.344. The largest absolute Gasteiger partial charge is 0.356 e. The number of hydrogen-bond acceptors (Lipinski definition) is 3. The van der Waals surface area contributed by atoms with Crippen LogP contribution in [0.5, 0.6) is 0 Å². The molecule has 0 radical (unpaired) electrons. The minimum atomic E-state index is -2.94. The number of sulfone groups is 1. The van der Waals surface area contributed by atoms with Gasteiger partial charge in [-0.15, -0.1) is 0 Å². The number of nitrogens with one attached hydrogen (secondary N) is 2. The van der Waals surface area contributed by atoms with Crippen molar-refractivity contribution in [3.8, 4) is 0 Å². The molecule has 0 bridgehead atoms. The van der Waals surface area contributed by atoms with E-state index in [0.717, 1.165) is 10.2 Å². The number of hydrogen-bond donors (Lipinski definition) is 2. The maximum absolute atomic E-state index is 11.5. The van der Waals surface area contributed by atoms with E-state index in [9.17, 15) is 8.42 Å². The highest BCUT2D eigenvalue weighted by Crippen LogP contribution is 2.23. The molecule has 1 aliphatic heterocycles. The van der Waals surface area contributed by atoms with Gasteiger partial charge in [-0.1, -0.05) is 22.0 Å². The van der Waals surface area contributed by atoms with E-state index in [1.54, 1.807) is 0 Å². The third kappa shape index (κ3) is 4.15. The Labute approximate surface area is 127 Å². The minimum Gasteiger partial charge on any atom is -0.356 e. The Hall–Kier alpha value is -0.660. The van der Waals surface area contributed by atoms with Crippen molar-refractivity contribution >= 4 is 48.8 Å². The van der Waals surface area contributed by atoms with Gasteiger partial charge in [-0.05, 0) is 43.8 Å². The van der Waals surface area contributed by atoms with Crippen molar-refractivity contribution in [2.45, 2.75) is 18.9 Å². The van der Waals surface area contributed by atoms with Crippen molar-refractivity contribution in [3.05, 3.63) is 28.7 Å². The number of rotatable bonds is 2. The van der Waals surface area contributed by atoms with E-state index in [4.69, 9.17) is 12.2 Å². The molecular weight excluding hydrogens is 348 g/mol. The summed E-state index contributed by atoms with van der Waals surface area (Å²) in [5, 5.41) is 6.60. The second-order valence-electron chi connectivity index (χ2n) is 4.99. The van der Waals surface area contributed by atoms with E-state index in [2.05, 4.69) is 26.6 Å². The molecule has 1 aromatic carbocycles. The lowest BCUT2D eigenvalue weighted by atomic mass is 10.0. The molecule has 7 heteroatoms. The summed E-state index contributed by atoms with van der Waals surface area (Å²) in [6, 6.07) is 7.62. The third-order valence-corrected chi connectivity index (χ3v) is 5.60. The Balaban J connectivity index is 1.99. The summed E-state index contributed by atoms with van der Waals surface area (Å²) in [6.07, 6.45) is 0.579. The first kappa shape index (κ1) is 14.7. The van der Waals surface area contributed by atoms with Crippen LogP contribution in [0.2, 0.25) is 0 Å². The molecule has 104 valence electrons. The van der Waals surface area contributed by atoms with Gasteiger partial charge in [0.15, 0.2) is 14.9 Å². The lowest BCUT2D eigenvalue weighted by molar-refractivity contribution is 0.474. The molecule has 1 aliphatic rings. The predicted molar refractivity (Wildman–Crippen MR) is 85.2 cm³/mol. The second-order valence-corrected chi connectivity index (χ2v) is 8.50. The van der Waals surface area contributed by atoms with Crippen LogP contribution < -0.4 is 10.6 Å². The smallest absolute Gasteiger partial charge is 0.171 e. The van der Waals surface area contributed by atoms with Gasteiger partial charge in [0.05, 0.1) is 17.0 Å². The SMILES string of the molecule is C[C@@]1(NC(=S)Nc2cccc(Br)c2)CCS(=O)(=O)C1. The Morgan fingerprint density at radius 3 is 2.79 bits per heavy atom. The van der Waals surface area contributed by atoms with Crippen molar-refractivity contribution in [3.63, 3.8) is 0 Å². The van der Waals surface area contributed by atoms with Gasteiger partial charge in [-0.25, -0.2) is 8.42 Å². The molecule has 1 heterocycles. The molecule has 0 spiro atoms. The van der Waals surface area contributed by atoms with Gasteiger partial charge >= 0.3 is 0 Å². The van der Waals surface area contributed by atoms with Crippen LogP contribution in [0.1, 0.15) is 13.3 Å². The van der Waals surface area contributed by atoms with Gasteiger partial charge in [-0.3, -0.25) is 0 Å². The van der Waals surface area contributed by atoms with Crippen LogP contribution >= 0.6 is 28.1 Å². The zero-order valence-corrected chi connectivity index (χ0v) is 13.7. The summed E-state index contributed by atoms with van der Waals surface area (Å²) >= 11 is 8.61. The fourth-order valence-electron chi connectivity index (χ4n) is 2.11. The molecule has 1 atom stereocenters. The molecule has 0 unspecified atom stereocenters. The van der Waals surface area contributed by atoms with Crippen molar-refractivity contribution in [1.82, 2.24) is 5.32 Å². The monoisotopic (exact) mass is 362 g/mol. The molecule has 2 rings (SSSR count). The Morgan fingerprint density at radius 2 is 2.21 bits per heavy atom. The lowest BCUT2D eigenvalue weighted by Crippen LogP contribution is -2.48. The molecule has 0 aliphatic carbocycles. The quantitative estimate of drug-likeness (QED) is 0.790. The Morgan fingerprint density at radius 1 is 1.47 bits per heavy atom. The van der Waals surface area contributed by atoms with E-state index in [1.165, 1.54) is 0 Å². The molecule has 1 saturated heterocycles. The highest BCUT2D eigenvalue weighted by molar-refractivity contribution is 9.10. The molecule has 1 aromatic rings. The summed E-state index contributed by atoms with van der Waals surface area (Å²) in [6.45, 7) is 1.88. The number of thiocarbonyl (C=S) groups is 1. The summed E-state index contributed by atoms with van der Waals surface area (Å²) < 4.78 is 24.0. The first-order valence-corrected chi connectivity index (χ1v) is 8.85. The zero-order valence-electron chi connectivity index (χ0n) is 10.4. The molecule has 0 aromatic heterocycles. The van der Waals surface area contributed by atoms with Crippen LogP contribution in [0.25, 0.3) is 0 Å². The Kier molecular flexibility index (Phi) is 4.17. The summed E-state index contributed by atoms with van der Waals surface area (Å²) in [4.78, 5) is 0. The van der Waals surface area contributed by atoms with E-state index in [-0.39, 0.29) is 11.5 Å². The normalized spacial score (nSPS) is 24.9.